The molecule has 1 aromatic rings. The lowest BCUT2D eigenvalue weighted by molar-refractivity contribution is 0.100. The van der Waals surface area contributed by atoms with Gasteiger partial charge in [-0.25, -0.2) is 0 Å². The van der Waals surface area contributed by atoms with Gasteiger partial charge < -0.3 is 16.4 Å². The van der Waals surface area contributed by atoms with Gasteiger partial charge >= 0.3 is 0 Å². The number of benzene rings is 1. The molecule has 2 unspecified atom stereocenters. The van der Waals surface area contributed by atoms with Gasteiger partial charge in [-0.15, -0.1) is 0 Å². The first kappa shape index (κ1) is 12.7. The average molecular weight is 247 g/mol. The summed E-state index contributed by atoms with van der Waals surface area (Å²) in [5.41, 5.74) is 13.4. The molecule has 2 rings (SSSR count). The fraction of sp³-hybridized carbons (Fsp3) is 0.500. The van der Waals surface area contributed by atoms with E-state index in [1.54, 1.807) is 12.1 Å². The van der Waals surface area contributed by atoms with Gasteiger partial charge in [0, 0.05) is 12.6 Å². The number of nitrogens with zero attached hydrogens (tertiary/aromatic N) is 1. The Morgan fingerprint density at radius 3 is 2.72 bits per heavy atom. The lowest BCUT2D eigenvalue weighted by atomic mass is 9.92. The van der Waals surface area contributed by atoms with E-state index in [0.717, 1.165) is 31.0 Å². The highest BCUT2D eigenvalue weighted by atomic mass is 16.1. The van der Waals surface area contributed by atoms with Crippen LogP contribution in [0.5, 0.6) is 0 Å². The molecule has 0 saturated carbocycles. The normalized spacial score (nSPS) is 24.0. The summed E-state index contributed by atoms with van der Waals surface area (Å²) in [5.74, 6) is 0.307. The van der Waals surface area contributed by atoms with Gasteiger partial charge in [-0.1, -0.05) is 13.0 Å². The predicted molar refractivity (Wildman–Crippen MR) is 74.6 cm³/mol. The Bertz CT molecular complexity index is 458. The maximum atomic E-state index is 11.5. The largest absolute Gasteiger partial charge is 0.397 e. The molecule has 0 bridgehead atoms. The summed E-state index contributed by atoms with van der Waals surface area (Å²) in [6.45, 7) is 5.36. The van der Waals surface area contributed by atoms with Gasteiger partial charge in [0.1, 0.15) is 0 Å². The van der Waals surface area contributed by atoms with Crippen LogP contribution in [0.15, 0.2) is 18.2 Å². The Morgan fingerprint density at radius 2 is 2.11 bits per heavy atom. The molecule has 98 valence electrons. The topological polar surface area (TPSA) is 72.3 Å². The first-order valence-corrected chi connectivity index (χ1v) is 6.45. The Labute approximate surface area is 108 Å². The number of para-hydroxylation sites is 1. The van der Waals surface area contributed by atoms with Crippen molar-refractivity contribution in [2.45, 2.75) is 32.7 Å². The molecule has 0 aromatic heterocycles. The molecule has 1 aliphatic heterocycles. The van der Waals surface area contributed by atoms with Gasteiger partial charge in [0.15, 0.2) is 0 Å². The number of anilines is 2. The third-order valence-electron chi connectivity index (χ3n) is 3.76. The molecule has 1 saturated heterocycles. The van der Waals surface area contributed by atoms with Crippen molar-refractivity contribution in [1.29, 1.82) is 0 Å². The van der Waals surface area contributed by atoms with Crippen LogP contribution in [0.25, 0.3) is 0 Å². The van der Waals surface area contributed by atoms with E-state index in [1.165, 1.54) is 0 Å². The van der Waals surface area contributed by atoms with Crippen LogP contribution in [0.2, 0.25) is 0 Å². The number of primary amides is 1. The highest BCUT2D eigenvalue weighted by Gasteiger charge is 2.27. The second kappa shape index (κ2) is 4.88. The number of amides is 1. The molecular weight excluding hydrogens is 226 g/mol. The van der Waals surface area contributed by atoms with Crippen LogP contribution in [-0.2, 0) is 0 Å². The van der Waals surface area contributed by atoms with Gasteiger partial charge in [-0.2, -0.15) is 0 Å². The molecule has 0 radical (unpaired) electrons. The van der Waals surface area contributed by atoms with E-state index in [1.807, 2.05) is 6.07 Å². The number of rotatable bonds is 2. The van der Waals surface area contributed by atoms with Crippen LogP contribution in [0.4, 0.5) is 11.4 Å². The van der Waals surface area contributed by atoms with Gasteiger partial charge in [-0.3, -0.25) is 4.79 Å². The van der Waals surface area contributed by atoms with Crippen LogP contribution in [-0.4, -0.2) is 18.5 Å². The van der Waals surface area contributed by atoms with E-state index in [0.29, 0.717) is 17.3 Å². The number of carbonyl (C=O) groups excluding carboxylic acids is 1. The Balaban J connectivity index is 2.41. The standard InChI is InChI=1S/C14H21N3O/c1-9-6-7-17(10(2)8-9)13-11(14(16)18)4-3-5-12(13)15/h3-5,9-10H,6-8,15H2,1-2H3,(H2,16,18). The smallest absolute Gasteiger partial charge is 0.250 e. The molecule has 4 N–H and O–H groups in total. The molecule has 0 spiro atoms. The third-order valence-corrected chi connectivity index (χ3v) is 3.76. The minimum atomic E-state index is -0.414. The van der Waals surface area contributed by atoms with Crippen molar-refractivity contribution in [2.75, 3.05) is 17.2 Å². The van der Waals surface area contributed by atoms with E-state index >= 15 is 0 Å². The van der Waals surface area contributed by atoms with Crippen LogP contribution in [0, 0.1) is 5.92 Å². The summed E-state index contributed by atoms with van der Waals surface area (Å²) >= 11 is 0. The molecule has 1 heterocycles. The number of hydrogen-bond acceptors (Lipinski definition) is 3. The summed E-state index contributed by atoms with van der Waals surface area (Å²) in [6.07, 6.45) is 2.24. The zero-order valence-electron chi connectivity index (χ0n) is 11.0. The Morgan fingerprint density at radius 1 is 1.39 bits per heavy atom. The van der Waals surface area contributed by atoms with Crippen LogP contribution < -0.4 is 16.4 Å². The molecule has 4 heteroatoms. The number of nitrogen functional groups attached to an aromatic ring is 1. The number of hydrogen-bond donors (Lipinski definition) is 2. The van der Waals surface area contributed by atoms with Crippen molar-refractivity contribution in [1.82, 2.24) is 0 Å². The van der Waals surface area contributed by atoms with Gasteiger partial charge in [0.05, 0.1) is 16.9 Å². The Hall–Kier alpha value is -1.71. The first-order chi connectivity index (χ1) is 8.50. The van der Waals surface area contributed by atoms with Crippen molar-refractivity contribution in [3.63, 3.8) is 0 Å². The zero-order valence-corrected chi connectivity index (χ0v) is 11.0. The second-order valence-corrected chi connectivity index (χ2v) is 5.28. The quantitative estimate of drug-likeness (QED) is 0.785. The number of piperidine rings is 1. The molecule has 18 heavy (non-hydrogen) atoms. The lowest BCUT2D eigenvalue weighted by Gasteiger charge is -2.39. The zero-order chi connectivity index (χ0) is 13.3. The molecule has 1 fully saturated rings. The molecule has 1 aliphatic rings. The van der Waals surface area contributed by atoms with Crippen LogP contribution in [0.1, 0.15) is 37.0 Å². The van der Waals surface area contributed by atoms with E-state index in [9.17, 15) is 4.79 Å². The van der Waals surface area contributed by atoms with E-state index in [2.05, 4.69) is 18.7 Å². The van der Waals surface area contributed by atoms with Crippen LogP contribution >= 0.6 is 0 Å². The molecule has 4 nitrogen and oxygen atoms in total. The fourth-order valence-corrected chi connectivity index (χ4v) is 2.82. The van der Waals surface area contributed by atoms with Crippen molar-refractivity contribution in [3.05, 3.63) is 23.8 Å². The summed E-state index contributed by atoms with van der Waals surface area (Å²) in [7, 11) is 0. The maximum Gasteiger partial charge on any atom is 0.250 e. The molecular formula is C14H21N3O. The van der Waals surface area contributed by atoms with Crippen LogP contribution in [0.3, 0.4) is 0 Å². The second-order valence-electron chi connectivity index (χ2n) is 5.28. The van der Waals surface area contributed by atoms with Crippen molar-refractivity contribution in [2.24, 2.45) is 11.7 Å². The summed E-state index contributed by atoms with van der Waals surface area (Å²) in [4.78, 5) is 13.7. The van der Waals surface area contributed by atoms with Crippen molar-refractivity contribution in [3.8, 4) is 0 Å². The predicted octanol–water partition coefficient (Wildman–Crippen LogP) is 1.99. The maximum absolute atomic E-state index is 11.5. The molecule has 1 aromatic carbocycles. The van der Waals surface area contributed by atoms with Crippen molar-refractivity contribution < 1.29 is 4.79 Å². The SMILES string of the molecule is CC1CCN(c2c(N)cccc2C(N)=O)C(C)C1. The number of nitrogens with two attached hydrogens (primary N) is 2. The third kappa shape index (κ3) is 2.28. The first-order valence-electron chi connectivity index (χ1n) is 6.45. The monoisotopic (exact) mass is 247 g/mol. The highest BCUT2D eigenvalue weighted by Crippen LogP contribution is 2.34. The van der Waals surface area contributed by atoms with Gasteiger partial charge in [-0.05, 0) is 37.8 Å². The highest BCUT2D eigenvalue weighted by molar-refractivity contribution is 6.01. The molecule has 0 aliphatic carbocycles. The summed E-state index contributed by atoms with van der Waals surface area (Å²) in [6, 6.07) is 5.73. The van der Waals surface area contributed by atoms with E-state index in [4.69, 9.17) is 11.5 Å². The minimum Gasteiger partial charge on any atom is -0.397 e. The lowest BCUT2D eigenvalue weighted by Crippen LogP contribution is -2.41. The fourth-order valence-electron chi connectivity index (χ4n) is 2.82. The van der Waals surface area contributed by atoms with Crippen molar-refractivity contribution >= 4 is 17.3 Å². The molecule has 1 amide bonds. The van der Waals surface area contributed by atoms with Gasteiger partial charge in [0.25, 0.3) is 5.91 Å². The average Bonchev–Trinajstić information content (AvgIpc) is 2.29. The van der Waals surface area contributed by atoms with E-state index in [-0.39, 0.29) is 0 Å². The number of carbonyl (C=O) groups is 1. The summed E-state index contributed by atoms with van der Waals surface area (Å²) in [5, 5.41) is 0. The minimum absolute atomic E-state index is 0.386. The Kier molecular flexibility index (Phi) is 3.45. The molecule has 2 atom stereocenters. The van der Waals surface area contributed by atoms with Gasteiger partial charge in [0.2, 0.25) is 0 Å². The summed E-state index contributed by atoms with van der Waals surface area (Å²) < 4.78 is 0. The van der Waals surface area contributed by atoms with E-state index < -0.39 is 5.91 Å².